The highest BCUT2D eigenvalue weighted by molar-refractivity contribution is 6.36. The smallest absolute Gasteiger partial charge is 0.406 e. The number of imide groups is 1. The Morgan fingerprint density at radius 1 is 0.970 bits per heavy atom. The van der Waals surface area contributed by atoms with Gasteiger partial charge in [0, 0.05) is 25.4 Å². The molecule has 1 aliphatic heterocycles. The molecule has 2 aromatic carbocycles. The number of ether oxygens (including phenoxy) is 2. The van der Waals surface area contributed by atoms with E-state index in [4.69, 9.17) is 4.74 Å². The first-order chi connectivity index (χ1) is 15.6. The number of methoxy groups -OCH3 is 1. The summed E-state index contributed by atoms with van der Waals surface area (Å²) in [5.74, 6) is -1.84. The van der Waals surface area contributed by atoms with Crippen molar-refractivity contribution >= 4 is 34.7 Å². The standard InChI is InChI=1S/C22H20F3N3O5/c1-13(29)26-15-5-3-14(4-6-15)18-19(21(31)28(20(18)30)11-12-32-2)27-16-7-9-17(10-8-16)33-22(23,24)25/h3-10,27H,11-12H2,1-2H3,(H,26,29). The van der Waals surface area contributed by atoms with Gasteiger partial charge in [-0.25, -0.2) is 0 Å². The molecule has 1 heterocycles. The molecule has 0 saturated heterocycles. The first-order valence-electron chi connectivity index (χ1n) is 9.69. The zero-order chi connectivity index (χ0) is 24.2. The molecule has 0 aliphatic carbocycles. The lowest BCUT2D eigenvalue weighted by Gasteiger charge is -2.14. The van der Waals surface area contributed by atoms with Crippen molar-refractivity contribution in [2.24, 2.45) is 0 Å². The zero-order valence-corrected chi connectivity index (χ0v) is 17.7. The van der Waals surface area contributed by atoms with Crippen LogP contribution in [0, 0.1) is 0 Å². The normalized spacial score (nSPS) is 14.0. The molecule has 2 aromatic rings. The molecule has 0 bridgehead atoms. The van der Waals surface area contributed by atoms with E-state index in [1.165, 1.54) is 26.2 Å². The molecule has 0 saturated carbocycles. The average Bonchev–Trinajstić information content (AvgIpc) is 2.96. The Balaban J connectivity index is 1.93. The fourth-order valence-electron chi connectivity index (χ4n) is 3.15. The Morgan fingerprint density at radius 3 is 2.12 bits per heavy atom. The van der Waals surface area contributed by atoms with E-state index in [1.807, 2.05) is 0 Å². The summed E-state index contributed by atoms with van der Waals surface area (Å²) in [7, 11) is 1.43. The largest absolute Gasteiger partial charge is 0.573 e. The third kappa shape index (κ3) is 5.89. The lowest BCUT2D eigenvalue weighted by atomic mass is 10.0. The van der Waals surface area contributed by atoms with Gasteiger partial charge in [-0.2, -0.15) is 0 Å². The van der Waals surface area contributed by atoms with Crippen molar-refractivity contribution in [1.29, 1.82) is 0 Å². The summed E-state index contributed by atoms with van der Waals surface area (Å²) in [6.07, 6.45) is -4.83. The van der Waals surface area contributed by atoms with Crippen LogP contribution >= 0.6 is 0 Å². The van der Waals surface area contributed by atoms with Crippen LogP contribution in [0.1, 0.15) is 12.5 Å². The quantitative estimate of drug-likeness (QED) is 0.583. The number of carbonyl (C=O) groups is 3. The molecule has 8 nitrogen and oxygen atoms in total. The number of rotatable bonds is 8. The summed E-state index contributed by atoms with van der Waals surface area (Å²) in [6, 6.07) is 11.1. The van der Waals surface area contributed by atoms with Gasteiger partial charge in [-0.1, -0.05) is 12.1 Å². The number of benzene rings is 2. The number of anilines is 2. The minimum absolute atomic E-state index is 0.0190. The van der Waals surface area contributed by atoms with Crippen LogP contribution in [0.15, 0.2) is 54.2 Å². The number of hydrogen-bond donors (Lipinski definition) is 2. The maximum absolute atomic E-state index is 13.0. The second-order valence-electron chi connectivity index (χ2n) is 6.96. The first-order valence-corrected chi connectivity index (χ1v) is 9.69. The Bertz CT molecular complexity index is 1080. The maximum Gasteiger partial charge on any atom is 0.573 e. The molecule has 3 amide bonds. The number of nitrogens with one attached hydrogen (secondary N) is 2. The topological polar surface area (TPSA) is 97.0 Å². The molecular formula is C22H20F3N3O5. The van der Waals surface area contributed by atoms with Crippen molar-refractivity contribution < 1.29 is 37.0 Å². The summed E-state index contributed by atoms with van der Waals surface area (Å²) >= 11 is 0. The molecule has 0 atom stereocenters. The fraction of sp³-hybridized carbons (Fsp3) is 0.227. The van der Waals surface area contributed by atoms with Crippen molar-refractivity contribution in [2.75, 3.05) is 30.9 Å². The minimum atomic E-state index is -4.83. The van der Waals surface area contributed by atoms with E-state index >= 15 is 0 Å². The molecule has 11 heteroatoms. The Morgan fingerprint density at radius 2 is 1.58 bits per heavy atom. The number of amides is 3. The van der Waals surface area contributed by atoms with Gasteiger partial charge in [0.2, 0.25) is 5.91 Å². The fourth-order valence-corrected chi connectivity index (χ4v) is 3.15. The van der Waals surface area contributed by atoms with Gasteiger partial charge in [0.25, 0.3) is 11.8 Å². The number of halogens is 3. The number of alkyl halides is 3. The first kappa shape index (κ1) is 23.8. The van der Waals surface area contributed by atoms with Crippen LogP contribution in [0.4, 0.5) is 24.5 Å². The van der Waals surface area contributed by atoms with E-state index in [-0.39, 0.29) is 36.0 Å². The summed E-state index contributed by atoms with van der Waals surface area (Å²) in [4.78, 5) is 38.3. The highest BCUT2D eigenvalue weighted by Gasteiger charge is 2.39. The second kappa shape index (κ2) is 9.74. The Kier molecular flexibility index (Phi) is 7.02. The van der Waals surface area contributed by atoms with Crippen molar-refractivity contribution in [1.82, 2.24) is 4.90 Å². The molecule has 2 N–H and O–H groups in total. The molecule has 0 aromatic heterocycles. The van der Waals surface area contributed by atoms with Gasteiger partial charge in [-0.05, 0) is 42.0 Å². The molecule has 33 heavy (non-hydrogen) atoms. The molecule has 174 valence electrons. The van der Waals surface area contributed by atoms with E-state index in [2.05, 4.69) is 15.4 Å². The Labute approximate surface area is 187 Å². The van der Waals surface area contributed by atoms with Crippen LogP contribution < -0.4 is 15.4 Å². The van der Waals surface area contributed by atoms with Gasteiger partial charge in [-0.3, -0.25) is 19.3 Å². The minimum Gasteiger partial charge on any atom is -0.406 e. The molecule has 0 spiro atoms. The summed E-state index contributed by atoms with van der Waals surface area (Å²) in [6.45, 7) is 1.50. The van der Waals surface area contributed by atoms with Gasteiger partial charge in [0.05, 0.1) is 18.7 Å². The van der Waals surface area contributed by atoms with Gasteiger partial charge in [0.15, 0.2) is 0 Å². The van der Waals surface area contributed by atoms with Crippen LogP contribution in [0.3, 0.4) is 0 Å². The van der Waals surface area contributed by atoms with Crippen LogP contribution in [-0.2, 0) is 19.1 Å². The van der Waals surface area contributed by atoms with E-state index in [0.717, 1.165) is 17.0 Å². The molecule has 3 rings (SSSR count). The van der Waals surface area contributed by atoms with Crippen LogP contribution in [0.5, 0.6) is 5.75 Å². The van der Waals surface area contributed by atoms with Crippen LogP contribution in [0.2, 0.25) is 0 Å². The Hall–Kier alpha value is -3.86. The van der Waals surface area contributed by atoms with E-state index in [0.29, 0.717) is 11.3 Å². The van der Waals surface area contributed by atoms with Crippen molar-refractivity contribution in [3.8, 4) is 5.75 Å². The highest BCUT2D eigenvalue weighted by Crippen LogP contribution is 2.32. The van der Waals surface area contributed by atoms with Gasteiger partial charge in [0.1, 0.15) is 11.4 Å². The lowest BCUT2D eigenvalue weighted by Crippen LogP contribution is -2.35. The monoisotopic (exact) mass is 463 g/mol. The second-order valence-corrected chi connectivity index (χ2v) is 6.96. The SMILES string of the molecule is COCCN1C(=O)C(Nc2ccc(OC(F)(F)F)cc2)=C(c2ccc(NC(C)=O)cc2)C1=O. The van der Waals surface area contributed by atoms with Gasteiger partial charge < -0.3 is 20.1 Å². The molecule has 1 aliphatic rings. The summed E-state index contributed by atoms with van der Waals surface area (Å²) in [5.41, 5.74) is 1.26. The number of hydrogen-bond acceptors (Lipinski definition) is 6. The van der Waals surface area contributed by atoms with Crippen molar-refractivity contribution in [2.45, 2.75) is 13.3 Å². The number of nitrogens with zero attached hydrogens (tertiary/aromatic N) is 1. The predicted octanol–water partition coefficient (Wildman–Crippen LogP) is 3.38. The van der Waals surface area contributed by atoms with E-state index in [9.17, 15) is 27.6 Å². The average molecular weight is 463 g/mol. The molecule has 0 unspecified atom stereocenters. The molecule has 0 radical (unpaired) electrons. The summed E-state index contributed by atoms with van der Waals surface area (Å²) < 4.78 is 46.0. The maximum atomic E-state index is 13.0. The van der Waals surface area contributed by atoms with Gasteiger partial charge in [-0.15, -0.1) is 13.2 Å². The highest BCUT2D eigenvalue weighted by atomic mass is 19.4. The van der Waals surface area contributed by atoms with Crippen LogP contribution in [-0.4, -0.2) is 49.2 Å². The third-order valence-electron chi connectivity index (χ3n) is 4.54. The van der Waals surface area contributed by atoms with Gasteiger partial charge >= 0.3 is 6.36 Å². The molecular weight excluding hydrogens is 443 g/mol. The third-order valence-corrected chi connectivity index (χ3v) is 4.54. The number of carbonyl (C=O) groups excluding carboxylic acids is 3. The van der Waals surface area contributed by atoms with Crippen molar-refractivity contribution in [3.05, 3.63) is 59.8 Å². The van der Waals surface area contributed by atoms with Crippen molar-refractivity contribution in [3.63, 3.8) is 0 Å². The lowest BCUT2D eigenvalue weighted by molar-refractivity contribution is -0.274. The van der Waals surface area contributed by atoms with E-state index in [1.54, 1.807) is 24.3 Å². The predicted molar refractivity (Wildman–Crippen MR) is 113 cm³/mol. The zero-order valence-electron chi connectivity index (χ0n) is 17.7. The van der Waals surface area contributed by atoms with E-state index < -0.39 is 23.9 Å². The van der Waals surface area contributed by atoms with Crippen LogP contribution in [0.25, 0.3) is 5.57 Å². The molecule has 0 fully saturated rings. The summed E-state index contributed by atoms with van der Waals surface area (Å²) in [5, 5.41) is 5.44.